The van der Waals surface area contributed by atoms with Crippen LogP contribution >= 0.6 is 0 Å². The molecule has 0 saturated heterocycles. The van der Waals surface area contributed by atoms with E-state index in [1.807, 2.05) is 0 Å². The first-order valence-corrected chi connectivity index (χ1v) is 17.1. The first-order valence-electron chi connectivity index (χ1n) is 17.1. The summed E-state index contributed by atoms with van der Waals surface area (Å²) in [5.41, 5.74) is 7.30. The van der Waals surface area contributed by atoms with Crippen LogP contribution in [0.3, 0.4) is 0 Å². The third kappa shape index (κ3) is 4.57. The molecule has 1 heterocycles. The lowest BCUT2D eigenvalue weighted by atomic mass is 9.91. The molecule has 10 aromatic rings. The van der Waals surface area contributed by atoms with Gasteiger partial charge in [0.05, 0.1) is 11.4 Å². The van der Waals surface area contributed by atoms with Crippen molar-refractivity contribution in [2.45, 2.75) is 0 Å². The second kappa shape index (κ2) is 11.5. The lowest BCUT2D eigenvalue weighted by Gasteiger charge is -2.17. The Bertz CT molecular complexity index is 2920. The van der Waals surface area contributed by atoms with Gasteiger partial charge in [-0.15, -0.1) is 0 Å². The summed E-state index contributed by atoms with van der Waals surface area (Å²) < 4.78 is 0. The molecule has 0 unspecified atom stereocenters. The highest BCUT2D eigenvalue weighted by Crippen LogP contribution is 2.42. The highest BCUT2D eigenvalue weighted by molar-refractivity contribution is 6.20. The molecule has 0 spiro atoms. The van der Waals surface area contributed by atoms with Gasteiger partial charge in [0.2, 0.25) is 0 Å². The van der Waals surface area contributed by atoms with E-state index in [9.17, 15) is 0 Å². The molecule has 1 aromatic heterocycles. The van der Waals surface area contributed by atoms with Gasteiger partial charge in [-0.25, -0.2) is 9.97 Å². The van der Waals surface area contributed by atoms with E-state index in [-0.39, 0.29) is 0 Å². The van der Waals surface area contributed by atoms with Crippen molar-refractivity contribution in [3.63, 3.8) is 0 Å². The second-order valence-electron chi connectivity index (χ2n) is 12.9. The number of hydrogen-bond donors (Lipinski definition) is 0. The molecule has 0 N–H and O–H groups in total. The summed E-state index contributed by atoms with van der Waals surface area (Å²) in [4.78, 5) is 11.0. The Balaban J connectivity index is 1.34. The number of fused-ring (bicyclic) bond motifs is 7. The molecule has 10 rings (SSSR count). The van der Waals surface area contributed by atoms with E-state index in [2.05, 4.69) is 182 Å². The second-order valence-corrected chi connectivity index (χ2v) is 12.9. The Morgan fingerprint density at radius 3 is 1.58 bits per heavy atom. The summed E-state index contributed by atoms with van der Waals surface area (Å²) in [5.74, 6) is 0.717. The quantitative estimate of drug-likeness (QED) is 0.142. The number of aromatic nitrogens is 2. The molecule has 50 heavy (non-hydrogen) atoms. The van der Waals surface area contributed by atoms with E-state index < -0.39 is 0 Å². The van der Waals surface area contributed by atoms with Crippen LogP contribution in [-0.2, 0) is 0 Å². The van der Waals surface area contributed by atoms with Crippen LogP contribution in [0.4, 0.5) is 0 Å². The molecule has 2 heteroatoms. The van der Waals surface area contributed by atoms with E-state index in [4.69, 9.17) is 9.97 Å². The zero-order valence-corrected chi connectivity index (χ0v) is 27.2. The van der Waals surface area contributed by atoms with Gasteiger partial charge in [0, 0.05) is 16.7 Å². The van der Waals surface area contributed by atoms with Gasteiger partial charge in [-0.05, 0) is 83.2 Å². The average molecular weight is 635 g/mol. The highest BCUT2D eigenvalue weighted by atomic mass is 14.9. The van der Waals surface area contributed by atoms with Gasteiger partial charge in [0.1, 0.15) is 0 Å². The van der Waals surface area contributed by atoms with Crippen molar-refractivity contribution in [2.24, 2.45) is 0 Å². The van der Waals surface area contributed by atoms with Gasteiger partial charge in [-0.3, -0.25) is 0 Å². The molecular formula is C48H30N2. The topological polar surface area (TPSA) is 25.8 Å². The fourth-order valence-corrected chi connectivity index (χ4v) is 7.74. The maximum atomic E-state index is 5.53. The Hall–Kier alpha value is -6.64. The molecule has 0 aliphatic heterocycles. The van der Waals surface area contributed by atoms with Crippen molar-refractivity contribution in [2.75, 3.05) is 0 Å². The standard InChI is InChI=1S/C48H30N2/c1-2-14-31(15-3-1)35-19-10-13-25-41(35)45-30-46(44-29-33-17-5-8-21-37(33)39-23-11-12-24-40(39)44)50-48(49-45)47-38-22-9-6-18-34(38)28-43-36-20-7-4-16-32(36)26-27-42(43)47/h1-30H. The zero-order valence-electron chi connectivity index (χ0n) is 27.2. The fourth-order valence-electron chi connectivity index (χ4n) is 7.74. The van der Waals surface area contributed by atoms with Crippen molar-refractivity contribution < 1.29 is 0 Å². The number of rotatable bonds is 4. The molecule has 0 bridgehead atoms. The lowest BCUT2D eigenvalue weighted by Crippen LogP contribution is -1.99. The van der Waals surface area contributed by atoms with Crippen LogP contribution in [0, 0.1) is 0 Å². The Morgan fingerprint density at radius 2 is 0.820 bits per heavy atom. The predicted molar refractivity (Wildman–Crippen MR) is 211 cm³/mol. The summed E-state index contributed by atoms with van der Waals surface area (Å²) >= 11 is 0. The maximum absolute atomic E-state index is 5.53. The summed E-state index contributed by atoms with van der Waals surface area (Å²) in [7, 11) is 0. The van der Waals surface area contributed by atoms with E-state index in [1.165, 1.54) is 43.1 Å². The predicted octanol–water partition coefficient (Wildman–Crippen LogP) is 12.9. The molecule has 0 radical (unpaired) electrons. The molecule has 2 nitrogen and oxygen atoms in total. The van der Waals surface area contributed by atoms with Crippen molar-refractivity contribution in [3.8, 4) is 45.0 Å². The van der Waals surface area contributed by atoms with Gasteiger partial charge >= 0.3 is 0 Å². The summed E-state index contributed by atoms with van der Waals surface area (Å²) in [6.07, 6.45) is 0. The van der Waals surface area contributed by atoms with Crippen molar-refractivity contribution in [1.82, 2.24) is 9.97 Å². The van der Waals surface area contributed by atoms with E-state index in [0.29, 0.717) is 0 Å². The van der Waals surface area contributed by atoms with Crippen molar-refractivity contribution >= 4 is 53.9 Å². The molecule has 0 aliphatic carbocycles. The fraction of sp³-hybridized carbons (Fsp3) is 0. The molecule has 0 saturated carbocycles. The molecular weight excluding hydrogens is 605 g/mol. The zero-order chi connectivity index (χ0) is 33.0. The van der Waals surface area contributed by atoms with E-state index >= 15 is 0 Å². The van der Waals surface area contributed by atoms with Crippen LogP contribution < -0.4 is 0 Å². The van der Waals surface area contributed by atoms with Crippen LogP contribution in [0.5, 0.6) is 0 Å². The van der Waals surface area contributed by atoms with Crippen LogP contribution in [0.25, 0.3) is 98.9 Å². The van der Waals surface area contributed by atoms with Crippen LogP contribution in [0.2, 0.25) is 0 Å². The van der Waals surface area contributed by atoms with E-state index in [1.54, 1.807) is 0 Å². The van der Waals surface area contributed by atoms with Crippen LogP contribution in [0.1, 0.15) is 0 Å². The average Bonchev–Trinajstić information content (AvgIpc) is 3.19. The van der Waals surface area contributed by atoms with Crippen LogP contribution in [0.15, 0.2) is 182 Å². The summed E-state index contributed by atoms with van der Waals surface area (Å²) in [6, 6.07) is 65.0. The Kier molecular flexibility index (Phi) is 6.53. The third-order valence-electron chi connectivity index (χ3n) is 10.1. The molecule has 9 aromatic carbocycles. The van der Waals surface area contributed by atoms with Gasteiger partial charge in [-0.1, -0.05) is 164 Å². The summed E-state index contributed by atoms with van der Waals surface area (Å²) in [6.45, 7) is 0. The van der Waals surface area contributed by atoms with Crippen molar-refractivity contribution in [3.05, 3.63) is 182 Å². The van der Waals surface area contributed by atoms with Crippen LogP contribution in [-0.4, -0.2) is 9.97 Å². The normalized spacial score (nSPS) is 11.6. The Morgan fingerprint density at radius 1 is 0.280 bits per heavy atom. The minimum atomic E-state index is 0.717. The SMILES string of the molecule is c1ccc(-c2ccccc2-c2cc(-c3cc4ccccc4c4ccccc34)nc(-c3c4ccccc4cc4c3ccc3ccccc34)n2)cc1. The number of hydrogen-bond acceptors (Lipinski definition) is 2. The summed E-state index contributed by atoms with van der Waals surface area (Å²) in [5, 5.41) is 11.9. The number of nitrogens with zero attached hydrogens (tertiary/aromatic N) is 2. The Labute approximate surface area is 290 Å². The smallest absolute Gasteiger partial charge is 0.161 e. The molecule has 0 atom stereocenters. The highest BCUT2D eigenvalue weighted by Gasteiger charge is 2.20. The van der Waals surface area contributed by atoms with Gasteiger partial charge in [0.25, 0.3) is 0 Å². The third-order valence-corrected chi connectivity index (χ3v) is 10.1. The molecule has 0 aliphatic rings. The van der Waals surface area contributed by atoms with Gasteiger partial charge in [0.15, 0.2) is 5.82 Å². The van der Waals surface area contributed by atoms with E-state index in [0.717, 1.165) is 55.8 Å². The molecule has 232 valence electrons. The molecule has 0 fully saturated rings. The van der Waals surface area contributed by atoms with Crippen molar-refractivity contribution in [1.29, 1.82) is 0 Å². The number of benzene rings is 9. The maximum Gasteiger partial charge on any atom is 0.161 e. The minimum absolute atomic E-state index is 0.717. The first-order chi connectivity index (χ1) is 24.8. The lowest BCUT2D eigenvalue weighted by molar-refractivity contribution is 1.19. The largest absolute Gasteiger partial charge is 0.228 e. The minimum Gasteiger partial charge on any atom is -0.228 e. The van der Waals surface area contributed by atoms with Gasteiger partial charge in [-0.2, -0.15) is 0 Å². The van der Waals surface area contributed by atoms with Gasteiger partial charge < -0.3 is 0 Å². The monoisotopic (exact) mass is 634 g/mol. The first kappa shape index (κ1) is 28.4. The molecule has 0 amide bonds.